The number of ether oxygens (including phenoxy) is 1. The molecule has 3 heteroatoms. The van der Waals surface area contributed by atoms with Crippen LogP contribution in [0.2, 0.25) is 0 Å². The van der Waals surface area contributed by atoms with Crippen molar-refractivity contribution in [1.29, 1.82) is 0 Å². The lowest BCUT2D eigenvalue weighted by Gasteiger charge is -2.16. The largest absolute Gasteiger partial charge is 0.496 e. The van der Waals surface area contributed by atoms with E-state index in [9.17, 15) is 4.79 Å². The molecule has 1 aromatic rings. The van der Waals surface area contributed by atoms with E-state index in [1.807, 2.05) is 6.07 Å². The summed E-state index contributed by atoms with van der Waals surface area (Å²) in [4.78, 5) is 11.6. The summed E-state index contributed by atoms with van der Waals surface area (Å²) in [6.45, 7) is 4.41. The molecule has 0 unspecified atom stereocenters. The Morgan fingerprint density at radius 1 is 1.05 bits per heavy atom. The fourth-order valence-corrected chi connectivity index (χ4v) is 2.49. The summed E-state index contributed by atoms with van der Waals surface area (Å²) >= 11 is 0. The van der Waals surface area contributed by atoms with E-state index in [1.165, 1.54) is 44.6 Å². The minimum absolute atomic E-state index is 0.311. The standard InChI is InChI=1S/C17H28O3/c1-4-6-8-9-11-14(10-7-5-2)16-12-15(19-3)13-17(18)20-16/h12-14H,4-11H2,1-3H3/t14-/m0/s1. The van der Waals surface area contributed by atoms with Crippen LogP contribution in [-0.2, 0) is 0 Å². The summed E-state index contributed by atoms with van der Waals surface area (Å²) in [5.41, 5.74) is -0.311. The lowest BCUT2D eigenvalue weighted by Crippen LogP contribution is -2.06. The van der Waals surface area contributed by atoms with Gasteiger partial charge in [-0.15, -0.1) is 0 Å². The summed E-state index contributed by atoms with van der Waals surface area (Å²) in [5.74, 6) is 1.74. The molecule has 0 aliphatic carbocycles. The lowest BCUT2D eigenvalue weighted by atomic mass is 9.92. The van der Waals surface area contributed by atoms with Crippen LogP contribution in [0.3, 0.4) is 0 Å². The first-order valence-corrected chi connectivity index (χ1v) is 7.90. The fourth-order valence-electron chi connectivity index (χ4n) is 2.49. The van der Waals surface area contributed by atoms with Crippen molar-refractivity contribution in [2.24, 2.45) is 0 Å². The third-order valence-corrected chi connectivity index (χ3v) is 3.71. The number of hydrogen-bond donors (Lipinski definition) is 0. The van der Waals surface area contributed by atoms with Crippen molar-refractivity contribution in [3.8, 4) is 5.75 Å². The Hall–Kier alpha value is -1.25. The summed E-state index contributed by atoms with van der Waals surface area (Å²) in [5, 5.41) is 0. The average Bonchev–Trinajstić information content (AvgIpc) is 2.45. The van der Waals surface area contributed by atoms with E-state index in [2.05, 4.69) is 13.8 Å². The van der Waals surface area contributed by atoms with Gasteiger partial charge >= 0.3 is 5.63 Å². The predicted octanol–water partition coefficient (Wildman–Crippen LogP) is 4.89. The van der Waals surface area contributed by atoms with Crippen LogP contribution in [0.5, 0.6) is 5.75 Å². The second-order valence-corrected chi connectivity index (χ2v) is 5.41. The van der Waals surface area contributed by atoms with Gasteiger partial charge in [0.25, 0.3) is 0 Å². The van der Waals surface area contributed by atoms with Gasteiger partial charge in [0.2, 0.25) is 0 Å². The van der Waals surface area contributed by atoms with Crippen LogP contribution in [0.1, 0.15) is 76.9 Å². The molecule has 0 saturated heterocycles. The number of methoxy groups -OCH3 is 1. The summed E-state index contributed by atoms with van der Waals surface area (Å²) in [7, 11) is 1.58. The molecule has 114 valence electrons. The van der Waals surface area contributed by atoms with Gasteiger partial charge in [-0.1, -0.05) is 52.4 Å². The van der Waals surface area contributed by atoms with Crippen LogP contribution >= 0.6 is 0 Å². The highest BCUT2D eigenvalue weighted by Crippen LogP contribution is 2.29. The van der Waals surface area contributed by atoms with Crippen LogP contribution < -0.4 is 10.4 Å². The quantitative estimate of drug-likeness (QED) is 0.573. The van der Waals surface area contributed by atoms with Gasteiger partial charge in [-0.3, -0.25) is 0 Å². The van der Waals surface area contributed by atoms with Gasteiger partial charge in [0, 0.05) is 12.0 Å². The molecular weight excluding hydrogens is 252 g/mol. The zero-order chi connectivity index (χ0) is 14.8. The molecule has 1 aromatic heterocycles. The molecule has 0 radical (unpaired) electrons. The van der Waals surface area contributed by atoms with Gasteiger partial charge in [-0.05, 0) is 12.8 Å². The van der Waals surface area contributed by atoms with Crippen LogP contribution in [0.4, 0.5) is 0 Å². The maximum absolute atomic E-state index is 11.6. The van der Waals surface area contributed by atoms with Crippen molar-refractivity contribution >= 4 is 0 Å². The van der Waals surface area contributed by atoms with E-state index < -0.39 is 0 Å². The van der Waals surface area contributed by atoms with E-state index in [0.29, 0.717) is 11.7 Å². The molecule has 0 N–H and O–H groups in total. The summed E-state index contributed by atoms with van der Waals surface area (Å²) in [6, 6.07) is 3.28. The molecule has 0 bridgehead atoms. The van der Waals surface area contributed by atoms with Gasteiger partial charge in [-0.2, -0.15) is 0 Å². The molecule has 0 aliphatic heterocycles. The summed E-state index contributed by atoms with van der Waals surface area (Å²) < 4.78 is 10.6. The fraction of sp³-hybridized carbons (Fsp3) is 0.706. The Balaban J connectivity index is 2.75. The summed E-state index contributed by atoms with van der Waals surface area (Å²) in [6.07, 6.45) is 9.49. The molecule has 3 nitrogen and oxygen atoms in total. The Kier molecular flexibility index (Phi) is 8.08. The van der Waals surface area contributed by atoms with Crippen molar-refractivity contribution < 1.29 is 9.15 Å². The Morgan fingerprint density at radius 2 is 1.75 bits per heavy atom. The minimum atomic E-state index is -0.311. The van der Waals surface area contributed by atoms with Gasteiger partial charge < -0.3 is 9.15 Å². The number of unbranched alkanes of at least 4 members (excludes halogenated alkanes) is 4. The monoisotopic (exact) mass is 280 g/mol. The van der Waals surface area contributed by atoms with Gasteiger partial charge in [0.15, 0.2) is 0 Å². The van der Waals surface area contributed by atoms with Crippen molar-refractivity contribution in [3.63, 3.8) is 0 Å². The average molecular weight is 280 g/mol. The van der Waals surface area contributed by atoms with Crippen molar-refractivity contribution in [1.82, 2.24) is 0 Å². The highest BCUT2D eigenvalue weighted by Gasteiger charge is 2.15. The first-order chi connectivity index (χ1) is 9.71. The first-order valence-electron chi connectivity index (χ1n) is 7.90. The molecule has 1 atom stereocenters. The van der Waals surface area contributed by atoms with E-state index in [4.69, 9.17) is 9.15 Å². The topological polar surface area (TPSA) is 39.4 Å². The molecular formula is C17H28O3. The molecule has 0 spiro atoms. The maximum Gasteiger partial charge on any atom is 0.339 e. The first kappa shape index (κ1) is 16.8. The molecule has 0 fully saturated rings. The molecule has 0 aromatic carbocycles. The lowest BCUT2D eigenvalue weighted by molar-refractivity contribution is 0.362. The van der Waals surface area contributed by atoms with E-state index in [1.54, 1.807) is 7.11 Å². The van der Waals surface area contributed by atoms with Crippen molar-refractivity contribution in [2.75, 3.05) is 7.11 Å². The third kappa shape index (κ3) is 5.81. The van der Waals surface area contributed by atoms with E-state index in [-0.39, 0.29) is 5.63 Å². The molecule has 1 heterocycles. The van der Waals surface area contributed by atoms with Crippen molar-refractivity contribution in [2.45, 2.75) is 71.1 Å². The number of rotatable bonds is 10. The second-order valence-electron chi connectivity index (χ2n) is 5.41. The van der Waals surface area contributed by atoms with Crippen molar-refractivity contribution in [3.05, 3.63) is 28.3 Å². The van der Waals surface area contributed by atoms with Crippen LogP contribution in [0.15, 0.2) is 21.3 Å². The highest BCUT2D eigenvalue weighted by atomic mass is 16.5. The Labute approximate surface area is 122 Å². The third-order valence-electron chi connectivity index (χ3n) is 3.71. The van der Waals surface area contributed by atoms with Crippen LogP contribution in [-0.4, -0.2) is 7.11 Å². The van der Waals surface area contributed by atoms with Gasteiger partial charge in [0.05, 0.1) is 13.2 Å². The predicted molar refractivity (Wildman–Crippen MR) is 82.6 cm³/mol. The zero-order valence-corrected chi connectivity index (χ0v) is 13.1. The smallest absolute Gasteiger partial charge is 0.339 e. The van der Waals surface area contributed by atoms with E-state index >= 15 is 0 Å². The van der Waals surface area contributed by atoms with Gasteiger partial charge in [-0.25, -0.2) is 4.79 Å². The molecule has 0 amide bonds. The second kappa shape index (κ2) is 9.62. The molecule has 0 saturated carbocycles. The van der Waals surface area contributed by atoms with Gasteiger partial charge in [0.1, 0.15) is 11.5 Å². The normalized spacial score (nSPS) is 12.3. The number of hydrogen-bond acceptors (Lipinski definition) is 3. The molecule has 1 rings (SSSR count). The highest BCUT2D eigenvalue weighted by molar-refractivity contribution is 5.22. The van der Waals surface area contributed by atoms with Crippen LogP contribution in [0, 0.1) is 0 Å². The van der Waals surface area contributed by atoms with Crippen LogP contribution in [0.25, 0.3) is 0 Å². The Morgan fingerprint density at radius 3 is 2.40 bits per heavy atom. The minimum Gasteiger partial charge on any atom is -0.496 e. The molecule has 0 aliphatic rings. The molecule has 20 heavy (non-hydrogen) atoms. The SMILES string of the molecule is CCCCCC[C@H](CCCC)c1cc(OC)cc(=O)o1. The Bertz CT molecular complexity index is 422. The maximum atomic E-state index is 11.6. The van der Waals surface area contributed by atoms with E-state index in [0.717, 1.165) is 18.6 Å². The zero-order valence-electron chi connectivity index (χ0n) is 13.1.